The maximum Gasteiger partial charge on any atom is 0.342 e. The maximum absolute atomic E-state index is 15.7. The number of imide groups is 2. The number of carbonyl (C=O) groups excluding carboxylic acids is 7. The summed E-state index contributed by atoms with van der Waals surface area (Å²) >= 11 is 0. The molecule has 1 aliphatic carbocycles. The van der Waals surface area contributed by atoms with Gasteiger partial charge in [-0.05, 0) is 63.3 Å². The van der Waals surface area contributed by atoms with Crippen LogP contribution in [0, 0.1) is 11.2 Å². The Balaban J connectivity index is 0.674. The molecule has 7 aliphatic rings. The molecule has 370 valence electrons. The molecule has 1 spiro atoms. The van der Waals surface area contributed by atoms with E-state index in [1.54, 1.807) is 17.0 Å². The number of fused-ring (bicyclic) bond motifs is 2. The zero-order chi connectivity index (χ0) is 49.2. The third kappa shape index (κ3) is 8.52. The summed E-state index contributed by atoms with van der Waals surface area (Å²) in [6.07, 6.45) is 6.83. The van der Waals surface area contributed by atoms with E-state index in [4.69, 9.17) is 4.74 Å². The van der Waals surface area contributed by atoms with Gasteiger partial charge in [0.25, 0.3) is 23.6 Å². The molecule has 5 fully saturated rings. The number of rotatable bonds is 13. The van der Waals surface area contributed by atoms with E-state index in [-0.39, 0.29) is 76.8 Å². The minimum Gasteiger partial charge on any atom is -0.495 e. The van der Waals surface area contributed by atoms with Gasteiger partial charge >= 0.3 is 5.92 Å². The number of unbranched alkanes of at least 4 members (excludes halogenated alkanes) is 1. The lowest BCUT2D eigenvalue weighted by Crippen LogP contribution is -2.72. The van der Waals surface area contributed by atoms with Crippen LogP contribution < -0.4 is 35.4 Å². The summed E-state index contributed by atoms with van der Waals surface area (Å²) in [5, 5.41) is 7.98. The second-order valence-corrected chi connectivity index (χ2v) is 19.7. The molecule has 1 saturated carbocycles. The Bertz CT molecular complexity index is 2690. The SMILES string of the molecule is COc1cc(C(=O)N[C@H]2CCN(C(=O)CCCCN3CC4(C3)CN(c3cccc5c3C(=O)N(C3CCC(=O)NC3=O)C5=O)C4)C2)c(F)cc1Nc1ncc2c(n1)N(C1CCCC1)CC(F)(F)C(=O)N2C. The van der Waals surface area contributed by atoms with E-state index in [0.717, 1.165) is 67.9 Å². The number of alkyl halides is 2. The number of hydrogen-bond donors (Lipinski definition) is 3. The van der Waals surface area contributed by atoms with Gasteiger partial charge in [0.05, 0.1) is 47.9 Å². The molecule has 10 rings (SSSR count). The van der Waals surface area contributed by atoms with Crippen molar-refractivity contribution in [1.29, 1.82) is 0 Å². The molecule has 0 radical (unpaired) electrons. The molecule has 3 N–H and O–H groups in total. The first kappa shape index (κ1) is 46.9. The molecule has 0 bridgehead atoms. The molecule has 1 aromatic heterocycles. The van der Waals surface area contributed by atoms with Gasteiger partial charge in [-0.2, -0.15) is 13.8 Å². The topological polar surface area (TPSA) is 210 Å². The number of nitrogens with zero attached hydrogens (tertiary/aromatic N) is 8. The lowest BCUT2D eigenvalue weighted by molar-refractivity contribution is -0.140. The first-order valence-corrected chi connectivity index (χ1v) is 23.9. The first-order valence-electron chi connectivity index (χ1n) is 23.9. The van der Waals surface area contributed by atoms with Crippen molar-refractivity contribution in [3.63, 3.8) is 0 Å². The number of benzene rings is 2. The molecule has 2 atom stereocenters. The van der Waals surface area contributed by atoms with E-state index in [2.05, 4.69) is 35.7 Å². The molecular weight excluding hydrogens is 916 g/mol. The molecule has 2 aromatic carbocycles. The first-order chi connectivity index (χ1) is 33.5. The van der Waals surface area contributed by atoms with E-state index in [1.807, 2.05) is 6.07 Å². The third-order valence-corrected chi connectivity index (χ3v) is 14.9. The highest BCUT2D eigenvalue weighted by Gasteiger charge is 2.54. The van der Waals surface area contributed by atoms with Crippen molar-refractivity contribution < 1.29 is 51.5 Å². The molecule has 7 heterocycles. The second-order valence-electron chi connectivity index (χ2n) is 19.7. The van der Waals surface area contributed by atoms with Gasteiger partial charge in [0.1, 0.15) is 23.3 Å². The summed E-state index contributed by atoms with van der Waals surface area (Å²) in [4.78, 5) is 109. The van der Waals surface area contributed by atoms with Gasteiger partial charge in [-0.15, -0.1) is 0 Å². The van der Waals surface area contributed by atoms with Crippen molar-refractivity contribution >= 4 is 70.2 Å². The van der Waals surface area contributed by atoms with E-state index < -0.39 is 65.8 Å². The predicted molar refractivity (Wildman–Crippen MR) is 247 cm³/mol. The summed E-state index contributed by atoms with van der Waals surface area (Å²) in [6.45, 7) is 3.91. The van der Waals surface area contributed by atoms with Crippen LogP contribution in [0.1, 0.15) is 95.3 Å². The number of piperidine rings is 1. The van der Waals surface area contributed by atoms with Crippen LogP contribution in [-0.2, 0) is 19.2 Å². The van der Waals surface area contributed by atoms with Gasteiger partial charge < -0.3 is 39.9 Å². The summed E-state index contributed by atoms with van der Waals surface area (Å²) < 4.78 is 51.3. The van der Waals surface area contributed by atoms with E-state index in [0.29, 0.717) is 49.9 Å². The van der Waals surface area contributed by atoms with E-state index >= 15 is 13.2 Å². The molecule has 1 unspecified atom stereocenters. The number of likely N-dealkylation sites (tertiary alicyclic amines) is 2. The van der Waals surface area contributed by atoms with Crippen molar-refractivity contribution in [2.45, 2.75) is 88.3 Å². The smallest absolute Gasteiger partial charge is 0.342 e. The van der Waals surface area contributed by atoms with Crippen molar-refractivity contribution in [1.82, 2.24) is 35.3 Å². The van der Waals surface area contributed by atoms with Gasteiger partial charge in [-0.1, -0.05) is 18.9 Å². The Kier molecular flexibility index (Phi) is 12.2. The normalized spacial score (nSPS) is 23.0. The van der Waals surface area contributed by atoms with Crippen LogP contribution in [0.15, 0.2) is 36.5 Å². The zero-order valence-electron chi connectivity index (χ0n) is 38.9. The van der Waals surface area contributed by atoms with Crippen LogP contribution in [-0.4, -0.2) is 157 Å². The van der Waals surface area contributed by atoms with Gasteiger partial charge in [0.15, 0.2) is 5.82 Å². The molecule has 7 amide bonds. The zero-order valence-corrected chi connectivity index (χ0v) is 38.9. The number of anilines is 5. The standard InChI is InChI=1S/C48H54F3N11O8/c1-57-35-20-52-46(56-40(35)61(28-8-3-4-9-28)26-48(50,51)45(57)69)54-32-19-31(49)30(18-36(32)70-2)41(65)53-27-15-17-59(21-27)38(64)12-5-6-16-58-22-47(23-58)24-60(25-47)33-11-7-10-29-39(33)44(68)62(43(29)67)34-13-14-37(63)55-42(34)66/h7,10-11,18-20,27-28,34H,3-6,8-9,12-17,21-26H2,1-2H3,(H,53,65)(H,52,54,56)(H,55,63,66)/t27-,34?/m0/s1. The maximum atomic E-state index is 15.7. The fraction of sp³-hybridized carbons (Fsp3) is 0.521. The monoisotopic (exact) mass is 969 g/mol. The molecule has 19 nitrogen and oxygen atoms in total. The highest BCUT2D eigenvalue weighted by Crippen LogP contribution is 2.45. The molecule has 4 saturated heterocycles. The summed E-state index contributed by atoms with van der Waals surface area (Å²) in [6, 6.07) is 5.81. The Hall–Kier alpha value is -6.84. The Labute approximate surface area is 401 Å². The van der Waals surface area contributed by atoms with Crippen molar-refractivity contribution in [2.24, 2.45) is 5.41 Å². The average Bonchev–Trinajstić information content (AvgIpc) is 4.06. The Morgan fingerprint density at radius 3 is 2.46 bits per heavy atom. The van der Waals surface area contributed by atoms with Gasteiger partial charge in [-0.25, -0.2) is 9.37 Å². The Morgan fingerprint density at radius 2 is 1.71 bits per heavy atom. The minimum atomic E-state index is -3.65. The number of ether oxygens (including phenoxy) is 1. The van der Waals surface area contributed by atoms with Gasteiger partial charge in [0, 0.05) is 82.7 Å². The molecule has 22 heteroatoms. The predicted octanol–water partition coefficient (Wildman–Crippen LogP) is 3.45. The second kappa shape index (κ2) is 18.2. The minimum absolute atomic E-state index is 0.0207. The molecule has 70 heavy (non-hydrogen) atoms. The quantitative estimate of drug-likeness (QED) is 0.166. The van der Waals surface area contributed by atoms with Crippen molar-refractivity contribution in [3.05, 3.63) is 59.0 Å². The molecular formula is C48H54F3N11O8. The third-order valence-electron chi connectivity index (χ3n) is 14.9. The fourth-order valence-corrected chi connectivity index (χ4v) is 11.3. The average molecular weight is 970 g/mol. The largest absolute Gasteiger partial charge is 0.495 e. The van der Waals surface area contributed by atoms with E-state index in [9.17, 15) is 33.6 Å². The van der Waals surface area contributed by atoms with E-state index in [1.165, 1.54) is 31.3 Å². The summed E-state index contributed by atoms with van der Waals surface area (Å²) in [5.41, 5.74) is 1.23. The van der Waals surface area contributed by atoms with Crippen LogP contribution >= 0.6 is 0 Å². The number of nitrogens with one attached hydrogen (secondary N) is 3. The molecule has 3 aromatic rings. The van der Waals surface area contributed by atoms with Gasteiger partial charge in [0.2, 0.25) is 23.7 Å². The number of amides is 7. The number of hydrogen-bond acceptors (Lipinski definition) is 14. The highest BCUT2D eigenvalue weighted by atomic mass is 19.3. The number of carbonyl (C=O) groups is 7. The molecule has 6 aliphatic heterocycles. The fourth-order valence-electron chi connectivity index (χ4n) is 11.3. The van der Waals surface area contributed by atoms with Crippen LogP contribution in [0.25, 0.3) is 0 Å². The number of aromatic nitrogens is 2. The Morgan fingerprint density at radius 1 is 0.943 bits per heavy atom. The van der Waals surface area contributed by atoms with Gasteiger partial charge in [-0.3, -0.25) is 43.8 Å². The highest BCUT2D eigenvalue weighted by molar-refractivity contribution is 6.25. The number of halogens is 3. The van der Waals surface area contributed by atoms with Crippen LogP contribution in [0.2, 0.25) is 0 Å². The number of methoxy groups -OCH3 is 1. The van der Waals surface area contributed by atoms with Crippen molar-refractivity contribution in [3.8, 4) is 5.75 Å². The van der Waals surface area contributed by atoms with Crippen LogP contribution in [0.3, 0.4) is 0 Å². The summed E-state index contributed by atoms with van der Waals surface area (Å²) in [5.74, 6) is -8.49. The van der Waals surface area contributed by atoms with Crippen molar-refractivity contribution in [2.75, 3.05) is 86.5 Å². The van der Waals surface area contributed by atoms with Crippen LogP contribution in [0.5, 0.6) is 5.75 Å². The van der Waals surface area contributed by atoms with Crippen LogP contribution in [0.4, 0.5) is 42.0 Å². The summed E-state index contributed by atoms with van der Waals surface area (Å²) in [7, 11) is 2.60. The lowest BCUT2D eigenvalue weighted by Gasteiger charge is -2.61. The lowest BCUT2D eigenvalue weighted by atomic mass is 9.72.